The summed E-state index contributed by atoms with van der Waals surface area (Å²) < 4.78 is 21.4. The minimum Gasteiger partial charge on any atom is -0.478 e. The Balaban J connectivity index is 1.92. The molecular formula is C20H20FN3O3. The number of benzene rings is 1. The lowest BCUT2D eigenvalue weighted by Gasteiger charge is -2.29. The lowest BCUT2D eigenvalue weighted by molar-refractivity contribution is 0.0692. The number of imidazole rings is 1. The third-order valence-electron chi connectivity index (χ3n) is 4.86. The van der Waals surface area contributed by atoms with E-state index in [-0.39, 0.29) is 5.56 Å². The van der Waals surface area contributed by atoms with Gasteiger partial charge in [-0.15, -0.1) is 0 Å². The van der Waals surface area contributed by atoms with Crippen LogP contribution in [0, 0.1) is 19.7 Å². The molecule has 140 valence electrons. The number of carboxylic acid groups (broad SMARTS) is 1. The summed E-state index contributed by atoms with van der Waals surface area (Å²) in [4.78, 5) is 18.2. The molecular weight excluding hydrogens is 349 g/mol. The summed E-state index contributed by atoms with van der Waals surface area (Å²) in [5.74, 6) is -2.00. The van der Waals surface area contributed by atoms with Gasteiger partial charge in [0.1, 0.15) is 5.82 Å². The maximum Gasteiger partial charge on any atom is 0.338 e. The Hall–Kier alpha value is -2.93. The summed E-state index contributed by atoms with van der Waals surface area (Å²) in [7, 11) is 0. The van der Waals surface area contributed by atoms with Gasteiger partial charge in [0.25, 0.3) is 0 Å². The third-order valence-corrected chi connectivity index (χ3v) is 4.86. The Kier molecular flexibility index (Phi) is 4.31. The second-order valence-corrected chi connectivity index (χ2v) is 6.78. The molecule has 1 N–H and O–H groups in total. The Morgan fingerprint density at radius 1 is 1.19 bits per heavy atom. The molecule has 2 aromatic heterocycles. The van der Waals surface area contributed by atoms with Gasteiger partial charge in [0.05, 0.1) is 30.2 Å². The van der Waals surface area contributed by atoms with Crippen LogP contribution in [0.1, 0.15) is 21.6 Å². The lowest BCUT2D eigenvalue weighted by Crippen LogP contribution is -2.36. The number of nitrogens with zero attached hydrogens (tertiary/aromatic N) is 3. The number of aromatic nitrogens is 2. The summed E-state index contributed by atoms with van der Waals surface area (Å²) in [6.07, 6.45) is 3.84. The van der Waals surface area contributed by atoms with E-state index in [0.717, 1.165) is 35.7 Å². The number of hydrogen-bond acceptors (Lipinski definition) is 4. The van der Waals surface area contributed by atoms with Gasteiger partial charge in [0, 0.05) is 31.0 Å². The Labute approximate surface area is 155 Å². The van der Waals surface area contributed by atoms with E-state index < -0.39 is 11.8 Å². The molecule has 1 aromatic carbocycles. The van der Waals surface area contributed by atoms with Crippen LogP contribution in [0.5, 0.6) is 0 Å². The van der Waals surface area contributed by atoms with Crippen molar-refractivity contribution >= 4 is 17.3 Å². The van der Waals surface area contributed by atoms with Crippen molar-refractivity contribution in [3.8, 4) is 11.1 Å². The number of pyridine rings is 1. The van der Waals surface area contributed by atoms with Crippen LogP contribution in [-0.4, -0.2) is 46.8 Å². The number of hydrogen-bond donors (Lipinski definition) is 1. The minimum atomic E-state index is -1.28. The number of carboxylic acids is 1. The first kappa shape index (κ1) is 17.5. The molecule has 6 nitrogen and oxygen atoms in total. The number of aromatic carboxylic acids is 1. The zero-order chi connectivity index (χ0) is 19.1. The van der Waals surface area contributed by atoms with Crippen molar-refractivity contribution in [3.05, 3.63) is 53.2 Å². The second kappa shape index (κ2) is 6.66. The minimum absolute atomic E-state index is 0.328. The predicted molar refractivity (Wildman–Crippen MR) is 100 cm³/mol. The topological polar surface area (TPSA) is 67.1 Å². The molecule has 3 aromatic rings. The average molecular weight is 369 g/mol. The van der Waals surface area contributed by atoms with Crippen LogP contribution >= 0.6 is 0 Å². The third kappa shape index (κ3) is 3.14. The number of ether oxygens (including phenoxy) is 1. The molecule has 0 radical (unpaired) electrons. The van der Waals surface area contributed by atoms with Crippen LogP contribution < -0.4 is 4.90 Å². The molecule has 7 heteroatoms. The number of anilines is 1. The second-order valence-electron chi connectivity index (χ2n) is 6.78. The van der Waals surface area contributed by atoms with E-state index in [1.807, 2.05) is 29.8 Å². The molecule has 1 aliphatic heterocycles. The van der Waals surface area contributed by atoms with Gasteiger partial charge in [-0.2, -0.15) is 0 Å². The molecule has 0 atom stereocenters. The number of morpholine rings is 1. The van der Waals surface area contributed by atoms with Crippen molar-refractivity contribution in [3.63, 3.8) is 0 Å². The van der Waals surface area contributed by atoms with Crippen molar-refractivity contribution < 1.29 is 19.0 Å². The number of rotatable bonds is 3. The Morgan fingerprint density at radius 3 is 2.63 bits per heavy atom. The number of fused-ring (bicyclic) bond motifs is 1. The first-order chi connectivity index (χ1) is 12.9. The quantitative estimate of drug-likeness (QED) is 0.767. The number of halogens is 1. The van der Waals surface area contributed by atoms with Crippen LogP contribution in [0.15, 0.2) is 30.6 Å². The zero-order valence-corrected chi connectivity index (χ0v) is 15.2. The largest absolute Gasteiger partial charge is 0.478 e. The maximum absolute atomic E-state index is 14.0. The molecule has 1 saturated heterocycles. The van der Waals surface area contributed by atoms with Crippen LogP contribution in [-0.2, 0) is 4.74 Å². The molecule has 4 rings (SSSR count). The van der Waals surface area contributed by atoms with Crippen molar-refractivity contribution in [2.24, 2.45) is 0 Å². The number of carbonyl (C=O) groups is 1. The fourth-order valence-electron chi connectivity index (χ4n) is 3.53. The Morgan fingerprint density at radius 2 is 1.93 bits per heavy atom. The van der Waals surface area contributed by atoms with E-state index in [0.29, 0.717) is 24.3 Å². The van der Waals surface area contributed by atoms with Gasteiger partial charge in [0.15, 0.2) is 5.65 Å². The standard InChI is InChI=1S/C20H20FN3O3/c1-12-7-17(21)16(20(25)26)9-15(12)14-8-18(23-3-5-27-6-4-23)19-22-13(2)10-24(19)11-14/h7-11H,3-6H2,1-2H3,(H,25,26). The van der Waals surface area contributed by atoms with Gasteiger partial charge in [-0.3, -0.25) is 0 Å². The molecule has 27 heavy (non-hydrogen) atoms. The fourth-order valence-corrected chi connectivity index (χ4v) is 3.53. The van der Waals surface area contributed by atoms with E-state index in [1.54, 1.807) is 6.92 Å². The van der Waals surface area contributed by atoms with Crippen molar-refractivity contribution in [2.45, 2.75) is 13.8 Å². The van der Waals surface area contributed by atoms with Crippen molar-refractivity contribution in [2.75, 3.05) is 31.2 Å². The van der Waals surface area contributed by atoms with Crippen LogP contribution in [0.3, 0.4) is 0 Å². The van der Waals surface area contributed by atoms with Crippen LogP contribution in [0.25, 0.3) is 16.8 Å². The van der Waals surface area contributed by atoms with Gasteiger partial charge in [-0.05, 0) is 43.2 Å². The molecule has 0 aliphatic carbocycles. The van der Waals surface area contributed by atoms with E-state index >= 15 is 0 Å². The van der Waals surface area contributed by atoms with Gasteiger partial charge < -0.3 is 19.1 Å². The lowest BCUT2D eigenvalue weighted by atomic mass is 9.98. The summed E-state index contributed by atoms with van der Waals surface area (Å²) >= 11 is 0. The van der Waals surface area contributed by atoms with Gasteiger partial charge in [0.2, 0.25) is 0 Å². The zero-order valence-electron chi connectivity index (χ0n) is 15.2. The predicted octanol–water partition coefficient (Wildman–Crippen LogP) is 3.29. The smallest absolute Gasteiger partial charge is 0.338 e. The highest BCUT2D eigenvalue weighted by Gasteiger charge is 2.19. The average Bonchev–Trinajstić information content (AvgIpc) is 3.01. The van der Waals surface area contributed by atoms with Crippen molar-refractivity contribution in [1.82, 2.24) is 9.38 Å². The van der Waals surface area contributed by atoms with Crippen molar-refractivity contribution in [1.29, 1.82) is 0 Å². The Bertz CT molecular complexity index is 1040. The van der Waals surface area contributed by atoms with Gasteiger partial charge in [-0.25, -0.2) is 14.2 Å². The van der Waals surface area contributed by atoms with E-state index in [9.17, 15) is 14.3 Å². The number of aryl methyl sites for hydroxylation is 2. The molecule has 0 spiro atoms. The molecule has 0 amide bonds. The van der Waals surface area contributed by atoms with Gasteiger partial charge >= 0.3 is 5.97 Å². The van der Waals surface area contributed by atoms with E-state index in [1.165, 1.54) is 12.1 Å². The monoisotopic (exact) mass is 369 g/mol. The molecule has 0 unspecified atom stereocenters. The summed E-state index contributed by atoms with van der Waals surface area (Å²) in [6, 6.07) is 4.68. The maximum atomic E-state index is 14.0. The van der Waals surface area contributed by atoms with E-state index in [4.69, 9.17) is 4.74 Å². The van der Waals surface area contributed by atoms with Crippen LogP contribution in [0.4, 0.5) is 10.1 Å². The summed E-state index contributed by atoms with van der Waals surface area (Å²) in [5.41, 5.74) is 4.56. The summed E-state index contributed by atoms with van der Waals surface area (Å²) in [6.45, 7) is 6.52. The highest BCUT2D eigenvalue weighted by molar-refractivity contribution is 5.91. The molecule has 1 fully saturated rings. The molecule has 3 heterocycles. The highest BCUT2D eigenvalue weighted by Crippen LogP contribution is 2.32. The first-order valence-electron chi connectivity index (χ1n) is 8.80. The summed E-state index contributed by atoms with van der Waals surface area (Å²) in [5, 5.41) is 9.28. The molecule has 1 aliphatic rings. The fraction of sp³-hybridized carbons (Fsp3) is 0.300. The molecule has 0 saturated carbocycles. The SMILES string of the molecule is Cc1cn2cc(-c3cc(C(=O)O)c(F)cc3C)cc(N3CCOCC3)c2n1. The molecule has 0 bridgehead atoms. The van der Waals surface area contributed by atoms with E-state index in [2.05, 4.69) is 9.88 Å². The van der Waals surface area contributed by atoms with Crippen LogP contribution in [0.2, 0.25) is 0 Å². The first-order valence-corrected chi connectivity index (χ1v) is 8.80. The van der Waals surface area contributed by atoms with Gasteiger partial charge in [-0.1, -0.05) is 0 Å². The highest BCUT2D eigenvalue weighted by atomic mass is 19.1. The normalized spacial score (nSPS) is 14.7.